The van der Waals surface area contributed by atoms with E-state index in [2.05, 4.69) is 5.32 Å². The Kier molecular flexibility index (Phi) is 8.39. The number of hydrogen-bond donors (Lipinski definition) is 1. The van der Waals surface area contributed by atoms with E-state index in [0.29, 0.717) is 27.8 Å². The highest BCUT2D eigenvalue weighted by Crippen LogP contribution is 2.36. The Hall–Kier alpha value is -4.01. The van der Waals surface area contributed by atoms with E-state index in [-0.39, 0.29) is 0 Å². The van der Waals surface area contributed by atoms with Crippen molar-refractivity contribution in [2.75, 3.05) is 14.2 Å². The number of carbonyl (C=O) groups excluding carboxylic acids is 3. The van der Waals surface area contributed by atoms with Crippen molar-refractivity contribution in [3.8, 4) is 5.75 Å². The van der Waals surface area contributed by atoms with Crippen molar-refractivity contribution in [3.63, 3.8) is 0 Å². The second-order valence-electron chi connectivity index (χ2n) is 10.8. The number of ether oxygens (including phenoxy) is 4. The molecule has 0 saturated carbocycles. The third kappa shape index (κ3) is 6.85. The Balaban J connectivity index is 2.23. The number of amides is 1. The highest BCUT2D eigenvalue weighted by molar-refractivity contribution is 5.94. The highest BCUT2D eigenvalue weighted by atomic mass is 16.6. The first-order valence-electron chi connectivity index (χ1n) is 12.3. The Morgan fingerprint density at radius 2 is 1.45 bits per heavy atom. The van der Waals surface area contributed by atoms with Gasteiger partial charge in [-0.05, 0) is 70.9 Å². The highest BCUT2D eigenvalue weighted by Gasteiger charge is 2.37. The molecule has 3 rings (SSSR count). The van der Waals surface area contributed by atoms with Gasteiger partial charge >= 0.3 is 18.2 Å². The van der Waals surface area contributed by atoms with E-state index in [4.69, 9.17) is 18.9 Å². The third-order valence-electron chi connectivity index (χ3n) is 5.60. The fraction of sp³-hybridized carbons (Fsp3) is 0.414. The molecule has 3 aromatic rings. The number of nitrogens with zero attached hydrogens (tertiary/aromatic N) is 1. The Labute approximate surface area is 223 Å². The first-order valence-corrected chi connectivity index (χ1v) is 12.3. The first-order chi connectivity index (χ1) is 17.7. The summed E-state index contributed by atoms with van der Waals surface area (Å²) in [6.07, 6.45) is 0.297. The standard InChI is InChI=1S/C29H36N2O7/c1-28(2,3)37-26(33)30-24(25(32)36-8)23(18-13-15-19(35-7)16-14-18)21-17-31(27(34)38-29(4,5)6)22-12-10-9-11-20(21)22/h9-17,23-24H,1-8H3,(H,30,33)/t23-,24-/m0/s1. The van der Waals surface area contributed by atoms with Gasteiger partial charge in [0.1, 0.15) is 23.0 Å². The van der Waals surface area contributed by atoms with E-state index in [0.717, 1.165) is 0 Å². The zero-order valence-corrected chi connectivity index (χ0v) is 23.2. The summed E-state index contributed by atoms with van der Waals surface area (Å²) in [4.78, 5) is 39.2. The lowest BCUT2D eigenvalue weighted by Gasteiger charge is -2.28. The molecule has 1 N–H and O–H groups in total. The van der Waals surface area contributed by atoms with E-state index in [9.17, 15) is 14.4 Å². The zero-order chi connectivity index (χ0) is 28.3. The molecule has 2 atom stereocenters. The topological polar surface area (TPSA) is 105 Å². The maximum absolute atomic E-state index is 13.2. The minimum Gasteiger partial charge on any atom is -0.497 e. The van der Waals surface area contributed by atoms with Gasteiger partial charge in [0.15, 0.2) is 0 Å². The maximum atomic E-state index is 13.2. The van der Waals surface area contributed by atoms with Gasteiger partial charge in [0.05, 0.1) is 19.7 Å². The minimum atomic E-state index is -1.18. The van der Waals surface area contributed by atoms with E-state index in [1.165, 1.54) is 11.7 Å². The maximum Gasteiger partial charge on any atom is 0.419 e. The van der Waals surface area contributed by atoms with E-state index in [1.54, 1.807) is 85.2 Å². The van der Waals surface area contributed by atoms with Gasteiger partial charge in [-0.2, -0.15) is 0 Å². The van der Waals surface area contributed by atoms with Crippen LogP contribution in [0.3, 0.4) is 0 Å². The molecule has 0 fully saturated rings. The van der Waals surface area contributed by atoms with Crippen LogP contribution in [0.1, 0.15) is 58.6 Å². The van der Waals surface area contributed by atoms with Crippen LogP contribution in [0.2, 0.25) is 0 Å². The predicted molar refractivity (Wildman–Crippen MR) is 144 cm³/mol. The molecule has 9 nitrogen and oxygen atoms in total. The monoisotopic (exact) mass is 524 g/mol. The number of alkyl carbamates (subject to hydrolysis) is 1. The zero-order valence-electron chi connectivity index (χ0n) is 23.2. The van der Waals surface area contributed by atoms with Crippen LogP contribution in [0.4, 0.5) is 9.59 Å². The average molecular weight is 525 g/mol. The summed E-state index contributed by atoms with van der Waals surface area (Å²) < 4.78 is 22.9. The number of rotatable bonds is 6. The number of methoxy groups -OCH3 is 2. The second-order valence-corrected chi connectivity index (χ2v) is 10.8. The number of aromatic nitrogens is 1. The van der Waals surface area contributed by atoms with Gasteiger partial charge in [-0.15, -0.1) is 0 Å². The van der Waals surface area contributed by atoms with E-state index >= 15 is 0 Å². The molecule has 38 heavy (non-hydrogen) atoms. The van der Waals surface area contributed by atoms with Crippen LogP contribution in [-0.2, 0) is 19.0 Å². The number of benzene rings is 2. The molecule has 0 aliphatic rings. The summed E-state index contributed by atoms with van der Waals surface area (Å²) >= 11 is 0. The van der Waals surface area contributed by atoms with Crippen LogP contribution >= 0.6 is 0 Å². The van der Waals surface area contributed by atoms with Crippen molar-refractivity contribution in [3.05, 3.63) is 65.9 Å². The van der Waals surface area contributed by atoms with Crippen LogP contribution < -0.4 is 10.1 Å². The molecule has 0 saturated heterocycles. The molecular formula is C29H36N2O7. The quantitative estimate of drug-likeness (QED) is 0.329. The molecule has 1 amide bonds. The Morgan fingerprint density at radius 1 is 0.842 bits per heavy atom. The van der Waals surface area contributed by atoms with Crippen LogP contribution in [0.5, 0.6) is 5.75 Å². The Bertz CT molecular complexity index is 1300. The first kappa shape index (κ1) is 28.6. The van der Waals surface area contributed by atoms with E-state index < -0.39 is 41.3 Å². The fourth-order valence-electron chi connectivity index (χ4n) is 4.12. The fourth-order valence-corrected chi connectivity index (χ4v) is 4.12. The summed E-state index contributed by atoms with van der Waals surface area (Å²) in [6.45, 7) is 10.6. The average Bonchev–Trinajstić information content (AvgIpc) is 3.21. The summed E-state index contributed by atoms with van der Waals surface area (Å²) in [5, 5.41) is 3.41. The Morgan fingerprint density at radius 3 is 2.00 bits per heavy atom. The second kappa shape index (κ2) is 11.2. The molecule has 1 heterocycles. The van der Waals surface area contributed by atoms with Gasteiger partial charge in [-0.1, -0.05) is 30.3 Å². The van der Waals surface area contributed by atoms with Crippen molar-refractivity contribution >= 4 is 29.1 Å². The van der Waals surface area contributed by atoms with E-state index in [1.807, 2.05) is 18.2 Å². The summed E-state index contributed by atoms with van der Waals surface area (Å²) in [6, 6.07) is 13.2. The molecule has 0 unspecified atom stereocenters. The number of nitrogens with one attached hydrogen (secondary N) is 1. The molecule has 204 valence electrons. The number of hydrogen-bond acceptors (Lipinski definition) is 7. The van der Waals surface area contributed by atoms with Gasteiger partial charge in [0.2, 0.25) is 0 Å². The van der Waals surface area contributed by atoms with Gasteiger partial charge in [0.25, 0.3) is 0 Å². The molecule has 0 radical (unpaired) electrons. The summed E-state index contributed by atoms with van der Waals surface area (Å²) in [5.41, 5.74) is 0.390. The molecule has 0 aliphatic carbocycles. The lowest BCUT2D eigenvalue weighted by molar-refractivity contribution is -0.143. The smallest absolute Gasteiger partial charge is 0.419 e. The normalized spacial score (nSPS) is 13.4. The van der Waals surface area contributed by atoms with Crippen LogP contribution in [0, 0.1) is 0 Å². The number of esters is 1. The summed E-state index contributed by atoms with van der Waals surface area (Å²) in [5.74, 6) is -0.807. The predicted octanol–water partition coefficient (Wildman–Crippen LogP) is 5.63. The number of para-hydroxylation sites is 1. The van der Waals surface area contributed by atoms with Gasteiger partial charge in [-0.3, -0.25) is 4.57 Å². The number of fused-ring (bicyclic) bond motifs is 1. The largest absolute Gasteiger partial charge is 0.497 e. The molecule has 0 spiro atoms. The molecular weight excluding hydrogens is 488 g/mol. The van der Waals surface area contributed by atoms with Crippen molar-refractivity contribution in [1.29, 1.82) is 0 Å². The number of carbonyl (C=O) groups is 3. The van der Waals surface area contributed by atoms with Crippen LogP contribution in [-0.4, -0.2) is 54.2 Å². The molecule has 0 bridgehead atoms. The van der Waals surface area contributed by atoms with Crippen molar-refractivity contribution < 1.29 is 33.3 Å². The lowest BCUT2D eigenvalue weighted by atomic mass is 9.84. The van der Waals surface area contributed by atoms with Gasteiger partial charge < -0.3 is 24.3 Å². The van der Waals surface area contributed by atoms with Crippen LogP contribution in [0.25, 0.3) is 10.9 Å². The lowest BCUT2D eigenvalue weighted by Crippen LogP contribution is -2.47. The van der Waals surface area contributed by atoms with Gasteiger partial charge in [-0.25, -0.2) is 14.4 Å². The molecule has 9 heteroatoms. The molecule has 2 aromatic carbocycles. The van der Waals surface area contributed by atoms with Crippen molar-refractivity contribution in [1.82, 2.24) is 9.88 Å². The van der Waals surface area contributed by atoms with Crippen LogP contribution in [0.15, 0.2) is 54.7 Å². The molecule has 1 aromatic heterocycles. The minimum absolute atomic E-state index is 0.567. The third-order valence-corrected chi connectivity index (χ3v) is 5.60. The van der Waals surface area contributed by atoms with Crippen molar-refractivity contribution in [2.24, 2.45) is 0 Å². The van der Waals surface area contributed by atoms with Gasteiger partial charge in [0, 0.05) is 17.5 Å². The van der Waals surface area contributed by atoms with Crippen molar-refractivity contribution in [2.45, 2.75) is 64.7 Å². The SMILES string of the molecule is COC(=O)[C@@H](NC(=O)OC(C)(C)C)[C@@H](c1ccc(OC)cc1)c1cn(C(=O)OC(C)(C)C)c2ccccc12. The summed E-state index contributed by atoms with van der Waals surface area (Å²) in [7, 11) is 2.81. The molecule has 0 aliphatic heterocycles.